The lowest BCUT2D eigenvalue weighted by molar-refractivity contribution is -0.115. The maximum absolute atomic E-state index is 12.3. The number of carbonyl (C=O) groups excluding carboxylic acids is 1. The molecule has 0 aliphatic rings. The van der Waals surface area contributed by atoms with E-state index in [-0.39, 0.29) is 5.91 Å². The third-order valence-electron chi connectivity index (χ3n) is 4.00. The number of amides is 1. The third-order valence-corrected chi connectivity index (χ3v) is 4.00. The highest BCUT2D eigenvalue weighted by Gasteiger charge is 2.06. The van der Waals surface area contributed by atoms with Gasteiger partial charge in [0, 0.05) is 6.20 Å². The summed E-state index contributed by atoms with van der Waals surface area (Å²) in [7, 11) is 0. The summed E-state index contributed by atoms with van der Waals surface area (Å²) >= 11 is 0. The molecule has 25 heavy (non-hydrogen) atoms. The van der Waals surface area contributed by atoms with E-state index in [1.54, 1.807) is 16.9 Å². The molecule has 5 nitrogen and oxygen atoms in total. The van der Waals surface area contributed by atoms with Crippen LogP contribution in [0.2, 0.25) is 0 Å². The lowest BCUT2D eigenvalue weighted by Crippen LogP contribution is -2.14. The molecule has 0 saturated heterocycles. The number of rotatable bonds is 4. The van der Waals surface area contributed by atoms with Crippen LogP contribution in [0.1, 0.15) is 5.56 Å². The molecule has 4 aromatic rings. The highest BCUT2D eigenvalue weighted by molar-refractivity contribution is 5.92. The maximum Gasteiger partial charge on any atom is 0.228 e. The van der Waals surface area contributed by atoms with Gasteiger partial charge in [-0.15, -0.1) is 10.2 Å². The van der Waals surface area contributed by atoms with E-state index in [0.717, 1.165) is 22.5 Å². The summed E-state index contributed by atoms with van der Waals surface area (Å²) in [6, 6.07) is 21.9. The van der Waals surface area contributed by atoms with E-state index < -0.39 is 0 Å². The first-order chi connectivity index (χ1) is 12.3. The summed E-state index contributed by atoms with van der Waals surface area (Å²) < 4.78 is 1.77. The molecular formula is C20H16N4O. The minimum absolute atomic E-state index is 0.0557. The van der Waals surface area contributed by atoms with Crippen molar-refractivity contribution in [1.82, 2.24) is 14.6 Å². The fourth-order valence-electron chi connectivity index (χ4n) is 2.74. The molecule has 122 valence electrons. The number of nitrogens with one attached hydrogen (secondary N) is 1. The zero-order chi connectivity index (χ0) is 17.1. The predicted octanol–water partition coefficient (Wildman–Crippen LogP) is 3.58. The molecule has 2 aromatic carbocycles. The van der Waals surface area contributed by atoms with E-state index in [1.807, 2.05) is 54.6 Å². The Labute approximate surface area is 145 Å². The lowest BCUT2D eigenvalue weighted by Gasteiger charge is -2.07. The topological polar surface area (TPSA) is 59.3 Å². The van der Waals surface area contributed by atoms with Crippen LogP contribution in [0.5, 0.6) is 0 Å². The van der Waals surface area contributed by atoms with Crippen LogP contribution >= 0.6 is 0 Å². The Morgan fingerprint density at radius 1 is 0.920 bits per heavy atom. The zero-order valence-electron chi connectivity index (χ0n) is 13.5. The molecule has 0 saturated carbocycles. The summed E-state index contributed by atoms with van der Waals surface area (Å²) in [4.78, 5) is 12.3. The Morgan fingerprint density at radius 3 is 2.48 bits per heavy atom. The molecule has 0 atom stereocenters. The molecular weight excluding hydrogens is 312 g/mol. The molecule has 0 radical (unpaired) electrons. The summed E-state index contributed by atoms with van der Waals surface area (Å²) in [6.45, 7) is 0. The third kappa shape index (κ3) is 3.40. The van der Waals surface area contributed by atoms with Crippen molar-refractivity contribution in [3.05, 3.63) is 84.8 Å². The SMILES string of the molecule is O=C(Cc1ccc(-c2ccccc2)cc1)Nc1ccc2nncn2c1. The number of nitrogens with zero attached hydrogens (tertiary/aromatic N) is 3. The number of carbonyl (C=O) groups is 1. The van der Waals surface area contributed by atoms with Crippen LogP contribution in [0.15, 0.2) is 79.3 Å². The Bertz CT molecular complexity index is 1010. The monoisotopic (exact) mass is 328 g/mol. The van der Waals surface area contributed by atoms with Crippen LogP contribution in [0.25, 0.3) is 16.8 Å². The number of hydrogen-bond donors (Lipinski definition) is 1. The Morgan fingerprint density at radius 2 is 1.68 bits per heavy atom. The van der Waals surface area contributed by atoms with Gasteiger partial charge in [0.25, 0.3) is 0 Å². The van der Waals surface area contributed by atoms with Gasteiger partial charge in [0.05, 0.1) is 12.1 Å². The van der Waals surface area contributed by atoms with Gasteiger partial charge in [0.1, 0.15) is 6.33 Å². The smallest absolute Gasteiger partial charge is 0.228 e. The Kier molecular flexibility index (Phi) is 3.96. The van der Waals surface area contributed by atoms with Gasteiger partial charge in [0.2, 0.25) is 5.91 Å². The van der Waals surface area contributed by atoms with E-state index in [1.165, 1.54) is 5.56 Å². The van der Waals surface area contributed by atoms with Crippen molar-refractivity contribution >= 4 is 17.2 Å². The van der Waals surface area contributed by atoms with Gasteiger partial charge in [-0.3, -0.25) is 9.20 Å². The van der Waals surface area contributed by atoms with Crippen LogP contribution in [-0.4, -0.2) is 20.5 Å². The molecule has 4 rings (SSSR count). The van der Waals surface area contributed by atoms with Gasteiger partial charge in [-0.05, 0) is 28.8 Å². The molecule has 0 aliphatic carbocycles. The van der Waals surface area contributed by atoms with E-state index in [0.29, 0.717) is 6.42 Å². The fourth-order valence-corrected chi connectivity index (χ4v) is 2.74. The minimum atomic E-state index is -0.0557. The molecule has 1 amide bonds. The number of fused-ring (bicyclic) bond motifs is 1. The number of benzene rings is 2. The maximum atomic E-state index is 12.3. The standard InChI is InChI=1S/C20H16N4O/c25-20(22-18-10-11-19-23-21-14-24(19)13-18)12-15-6-8-17(9-7-15)16-4-2-1-3-5-16/h1-11,13-14H,12H2,(H,22,25). The number of aromatic nitrogens is 3. The number of anilines is 1. The van der Waals surface area contributed by atoms with Gasteiger partial charge < -0.3 is 5.32 Å². The molecule has 2 heterocycles. The van der Waals surface area contributed by atoms with Crippen molar-refractivity contribution < 1.29 is 4.79 Å². The minimum Gasteiger partial charge on any atom is -0.324 e. The summed E-state index contributed by atoms with van der Waals surface area (Å²) in [5, 5.41) is 10.7. The fraction of sp³-hybridized carbons (Fsp3) is 0.0500. The molecule has 0 bridgehead atoms. The zero-order valence-corrected chi connectivity index (χ0v) is 13.5. The predicted molar refractivity (Wildman–Crippen MR) is 97.2 cm³/mol. The second kappa shape index (κ2) is 6.57. The highest BCUT2D eigenvalue weighted by Crippen LogP contribution is 2.19. The van der Waals surface area contributed by atoms with E-state index >= 15 is 0 Å². The molecule has 5 heteroatoms. The van der Waals surface area contributed by atoms with Crippen molar-refractivity contribution in [2.24, 2.45) is 0 Å². The molecule has 0 spiro atoms. The quantitative estimate of drug-likeness (QED) is 0.623. The van der Waals surface area contributed by atoms with E-state index in [4.69, 9.17) is 0 Å². The Balaban J connectivity index is 1.43. The normalized spacial score (nSPS) is 10.7. The summed E-state index contributed by atoms with van der Waals surface area (Å²) in [5.41, 5.74) is 4.75. The van der Waals surface area contributed by atoms with Gasteiger partial charge in [-0.2, -0.15) is 0 Å². The molecule has 0 aliphatic heterocycles. The van der Waals surface area contributed by atoms with E-state index in [9.17, 15) is 4.79 Å². The second-order valence-electron chi connectivity index (χ2n) is 5.80. The average molecular weight is 328 g/mol. The first kappa shape index (κ1) is 15.1. The van der Waals surface area contributed by atoms with Crippen LogP contribution in [0.4, 0.5) is 5.69 Å². The summed E-state index contributed by atoms with van der Waals surface area (Å²) in [5.74, 6) is -0.0557. The van der Waals surface area contributed by atoms with Crippen molar-refractivity contribution in [3.63, 3.8) is 0 Å². The van der Waals surface area contributed by atoms with Crippen LogP contribution in [0.3, 0.4) is 0 Å². The van der Waals surface area contributed by atoms with Crippen LogP contribution < -0.4 is 5.32 Å². The second-order valence-corrected chi connectivity index (χ2v) is 5.80. The van der Waals surface area contributed by atoms with Crippen molar-refractivity contribution in [3.8, 4) is 11.1 Å². The first-order valence-corrected chi connectivity index (χ1v) is 8.01. The first-order valence-electron chi connectivity index (χ1n) is 8.01. The van der Waals surface area contributed by atoms with E-state index in [2.05, 4.69) is 27.6 Å². The average Bonchev–Trinajstić information content (AvgIpc) is 3.11. The van der Waals surface area contributed by atoms with Gasteiger partial charge in [0.15, 0.2) is 5.65 Å². The molecule has 0 fully saturated rings. The van der Waals surface area contributed by atoms with Crippen molar-refractivity contribution in [2.75, 3.05) is 5.32 Å². The lowest BCUT2D eigenvalue weighted by atomic mass is 10.0. The molecule has 1 N–H and O–H groups in total. The van der Waals surface area contributed by atoms with Crippen LogP contribution in [-0.2, 0) is 11.2 Å². The Hall–Kier alpha value is -3.47. The molecule has 0 unspecified atom stereocenters. The van der Waals surface area contributed by atoms with Crippen molar-refractivity contribution in [2.45, 2.75) is 6.42 Å². The largest absolute Gasteiger partial charge is 0.324 e. The van der Waals surface area contributed by atoms with Crippen molar-refractivity contribution in [1.29, 1.82) is 0 Å². The highest BCUT2D eigenvalue weighted by atomic mass is 16.1. The van der Waals surface area contributed by atoms with Gasteiger partial charge >= 0.3 is 0 Å². The van der Waals surface area contributed by atoms with Gasteiger partial charge in [-0.25, -0.2) is 0 Å². The van der Waals surface area contributed by atoms with Gasteiger partial charge in [-0.1, -0.05) is 54.6 Å². The number of hydrogen-bond acceptors (Lipinski definition) is 3. The molecule has 2 aromatic heterocycles. The summed E-state index contributed by atoms with van der Waals surface area (Å²) in [6.07, 6.45) is 3.73. The number of pyridine rings is 1. The van der Waals surface area contributed by atoms with Crippen LogP contribution in [0, 0.1) is 0 Å².